The maximum absolute atomic E-state index is 10.8. The largest absolute Gasteiger partial charge is 0.481 e. The van der Waals surface area contributed by atoms with E-state index >= 15 is 0 Å². The summed E-state index contributed by atoms with van der Waals surface area (Å²) in [4.78, 5) is 10.8. The summed E-state index contributed by atoms with van der Waals surface area (Å²) < 4.78 is 0. The van der Waals surface area contributed by atoms with Crippen LogP contribution in [-0.2, 0) is 4.79 Å². The van der Waals surface area contributed by atoms with Crippen LogP contribution in [0.2, 0.25) is 0 Å². The molecule has 2 nitrogen and oxygen atoms in total. The van der Waals surface area contributed by atoms with Crippen molar-refractivity contribution < 1.29 is 9.90 Å². The van der Waals surface area contributed by atoms with Gasteiger partial charge in [0.15, 0.2) is 0 Å². The summed E-state index contributed by atoms with van der Waals surface area (Å²) >= 11 is 0. The third-order valence-electron chi connectivity index (χ3n) is 5.20. The number of fused-ring (bicyclic) bond motifs is 2. The van der Waals surface area contributed by atoms with E-state index in [1.54, 1.807) is 0 Å². The summed E-state index contributed by atoms with van der Waals surface area (Å²) in [6.45, 7) is 0. The van der Waals surface area contributed by atoms with Gasteiger partial charge in [-0.1, -0.05) is 0 Å². The van der Waals surface area contributed by atoms with Gasteiger partial charge in [0.05, 0.1) is 5.92 Å². The van der Waals surface area contributed by atoms with Crippen molar-refractivity contribution in [3.8, 4) is 0 Å². The number of carboxylic acid groups (broad SMARTS) is 1. The van der Waals surface area contributed by atoms with Crippen molar-refractivity contribution in [2.45, 2.75) is 32.1 Å². The number of hydrogen-bond acceptors (Lipinski definition) is 1. The van der Waals surface area contributed by atoms with Crippen LogP contribution in [0, 0.1) is 22.2 Å². The average Bonchev–Trinajstić information content (AvgIpc) is 2.83. The van der Waals surface area contributed by atoms with Gasteiger partial charge in [0.25, 0.3) is 0 Å². The van der Waals surface area contributed by atoms with Crippen LogP contribution in [0.25, 0.3) is 0 Å². The van der Waals surface area contributed by atoms with Crippen LogP contribution in [0.1, 0.15) is 32.1 Å². The summed E-state index contributed by atoms with van der Waals surface area (Å²) in [5.74, 6) is -0.480. The summed E-state index contributed by atoms with van der Waals surface area (Å²) in [5, 5.41) is 8.88. The second-order valence-corrected chi connectivity index (χ2v) is 5.47. The Morgan fingerprint density at radius 1 is 1.33 bits per heavy atom. The van der Waals surface area contributed by atoms with Gasteiger partial charge in [-0.05, 0) is 48.3 Å². The normalized spacial score (nSPS) is 60.8. The Labute approximate surface area is 71.0 Å². The van der Waals surface area contributed by atoms with E-state index in [1.165, 1.54) is 25.7 Å². The standard InChI is InChI=1S/C10H12O2/c11-7(12)6-3-9(6)5-10(9)4-8(10)1-2-8/h6H,1-5H2,(H,11,12)/t6-,9+,10?/m0/s1. The third-order valence-corrected chi connectivity index (χ3v) is 5.20. The van der Waals surface area contributed by atoms with Gasteiger partial charge in [0.1, 0.15) is 0 Å². The van der Waals surface area contributed by atoms with Crippen LogP contribution >= 0.6 is 0 Å². The first-order chi connectivity index (χ1) is 5.66. The van der Waals surface area contributed by atoms with Crippen LogP contribution in [0.15, 0.2) is 0 Å². The maximum Gasteiger partial charge on any atom is 0.307 e. The molecule has 4 aliphatic carbocycles. The fourth-order valence-corrected chi connectivity index (χ4v) is 4.14. The zero-order valence-corrected chi connectivity index (χ0v) is 6.97. The SMILES string of the molecule is O=C(O)[C@@H]1C[C@@]12CC21CC12CC2. The highest BCUT2D eigenvalue weighted by Gasteiger charge is 2.96. The molecule has 4 fully saturated rings. The lowest BCUT2D eigenvalue weighted by Gasteiger charge is -1.90. The highest BCUT2D eigenvalue weighted by molar-refractivity contribution is 5.77. The molecule has 4 rings (SSSR count). The van der Waals surface area contributed by atoms with Crippen LogP contribution in [0.4, 0.5) is 0 Å². The molecule has 1 N–H and O–H groups in total. The minimum atomic E-state index is -0.533. The first kappa shape index (κ1) is 6.01. The van der Waals surface area contributed by atoms with Gasteiger partial charge in [-0.25, -0.2) is 0 Å². The minimum Gasteiger partial charge on any atom is -0.481 e. The number of carboxylic acids is 1. The quantitative estimate of drug-likeness (QED) is 0.639. The highest BCUT2D eigenvalue weighted by atomic mass is 16.4. The van der Waals surface area contributed by atoms with E-state index in [-0.39, 0.29) is 5.92 Å². The molecule has 4 aliphatic rings. The van der Waals surface area contributed by atoms with Crippen molar-refractivity contribution in [3.05, 3.63) is 0 Å². The summed E-state index contributed by atoms with van der Waals surface area (Å²) in [6, 6.07) is 0. The summed E-state index contributed by atoms with van der Waals surface area (Å²) in [5.41, 5.74) is 1.63. The monoisotopic (exact) mass is 164 g/mol. The molecule has 0 aromatic rings. The molecule has 2 heteroatoms. The molecule has 0 bridgehead atoms. The average molecular weight is 164 g/mol. The van der Waals surface area contributed by atoms with Crippen LogP contribution in [0.5, 0.6) is 0 Å². The fourth-order valence-electron chi connectivity index (χ4n) is 4.14. The molecule has 0 aromatic heterocycles. The molecule has 0 radical (unpaired) electrons. The summed E-state index contributed by atoms with van der Waals surface area (Å²) in [7, 11) is 0. The van der Waals surface area contributed by atoms with E-state index in [4.69, 9.17) is 5.11 Å². The molecule has 0 aromatic carbocycles. The van der Waals surface area contributed by atoms with Crippen molar-refractivity contribution in [2.24, 2.45) is 22.2 Å². The van der Waals surface area contributed by atoms with E-state index in [2.05, 4.69) is 0 Å². The first-order valence-corrected chi connectivity index (χ1v) is 4.89. The molecule has 0 aliphatic heterocycles. The molecule has 3 atom stereocenters. The molecule has 3 spiro atoms. The van der Waals surface area contributed by atoms with Gasteiger partial charge in [0.2, 0.25) is 0 Å². The van der Waals surface area contributed by atoms with Crippen molar-refractivity contribution in [1.29, 1.82) is 0 Å². The van der Waals surface area contributed by atoms with E-state index < -0.39 is 5.97 Å². The molecule has 12 heavy (non-hydrogen) atoms. The minimum absolute atomic E-state index is 0.0532. The fraction of sp³-hybridized carbons (Fsp3) is 0.900. The zero-order valence-electron chi connectivity index (χ0n) is 6.97. The topological polar surface area (TPSA) is 37.3 Å². The van der Waals surface area contributed by atoms with Crippen LogP contribution in [0.3, 0.4) is 0 Å². The number of carbonyl (C=O) groups is 1. The number of aliphatic carboxylic acids is 1. The molecule has 4 saturated carbocycles. The Hall–Kier alpha value is -0.530. The Morgan fingerprint density at radius 3 is 2.50 bits per heavy atom. The summed E-state index contributed by atoms with van der Waals surface area (Å²) in [6.07, 6.45) is 6.45. The lowest BCUT2D eigenvalue weighted by atomic mass is 10.2. The van der Waals surface area contributed by atoms with Gasteiger partial charge >= 0.3 is 5.97 Å². The van der Waals surface area contributed by atoms with E-state index in [0.717, 1.165) is 6.42 Å². The van der Waals surface area contributed by atoms with Crippen LogP contribution in [-0.4, -0.2) is 11.1 Å². The van der Waals surface area contributed by atoms with Gasteiger partial charge in [-0.15, -0.1) is 0 Å². The van der Waals surface area contributed by atoms with E-state index in [1.807, 2.05) is 0 Å². The van der Waals surface area contributed by atoms with Gasteiger partial charge in [0, 0.05) is 0 Å². The smallest absolute Gasteiger partial charge is 0.307 e. The van der Waals surface area contributed by atoms with Crippen LogP contribution < -0.4 is 0 Å². The Kier molecular flexibility index (Phi) is 0.580. The Morgan fingerprint density at radius 2 is 2.08 bits per heavy atom. The van der Waals surface area contributed by atoms with Crippen molar-refractivity contribution in [3.63, 3.8) is 0 Å². The van der Waals surface area contributed by atoms with Crippen molar-refractivity contribution in [1.82, 2.24) is 0 Å². The molecule has 0 saturated heterocycles. The van der Waals surface area contributed by atoms with Gasteiger partial charge in [-0.3, -0.25) is 4.79 Å². The van der Waals surface area contributed by atoms with E-state index in [9.17, 15) is 4.79 Å². The third kappa shape index (κ3) is 0.360. The second kappa shape index (κ2) is 1.16. The molecular formula is C10H12O2. The molecule has 0 amide bonds. The predicted octanol–water partition coefficient (Wildman–Crippen LogP) is 1.65. The van der Waals surface area contributed by atoms with E-state index in [0.29, 0.717) is 16.2 Å². The Balaban J connectivity index is 1.65. The lowest BCUT2D eigenvalue weighted by Crippen LogP contribution is -2.01. The van der Waals surface area contributed by atoms with Gasteiger partial charge < -0.3 is 5.11 Å². The highest BCUT2D eigenvalue weighted by Crippen LogP contribution is 3.02. The number of rotatable bonds is 1. The molecular weight excluding hydrogens is 152 g/mol. The second-order valence-electron chi connectivity index (χ2n) is 5.47. The van der Waals surface area contributed by atoms with Crippen molar-refractivity contribution in [2.75, 3.05) is 0 Å². The predicted molar refractivity (Wildman–Crippen MR) is 41.5 cm³/mol. The lowest BCUT2D eigenvalue weighted by molar-refractivity contribution is -0.139. The zero-order chi connectivity index (χ0) is 8.19. The molecule has 64 valence electrons. The number of hydrogen-bond donors (Lipinski definition) is 1. The molecule has 1 unspecified atom stereocenters. The van der Waals surface area contributed by atoms with Gasteiger partial charge in [-0.2, -0.15) is 0 Å². The Bertz CT molecular complexity index is 318. The first-order valence-electron chi connectivity index (χ1n) is 4.89. The molecule has 0 heterocycles. The van der Waals surface area contributed by atoms with Crippen molar-refractivity contribution >= 4 is 5.97 Å². The maximum atomic E-state index is 10.8.